The Hall–Kier alpha value is -1.59. The molecule has 6 nitrogen and oxygen atoms in total. The van der Waals surface area contributed by atoms with Crippen LogP contribution in [0.15, 0.2) is 0 Å². The highest BCUT2D eigenvalue weighted by Crippen LogP contribution is 2.19. The second kappa shape index (κ2) is 48.3. The molecule has 0 aromatic carbocycles. The van der Waals surface area contributed by atoms with Crippen LogP contribution in [0.2, 0.25) is 0 Å². The molecule has 0 aliphatic rings. The van der Waals surface area contributed by atoms with Crippen molar-refractivity contribution in [2.24, 2.45) is 17.8 Å². The van der Waals surface area contributed by atoms with Crippen LogP contribution in [-0.2, 0) is 28.6 Å². The summed E-state index contributed by atoms with van der Waals surface area (Å²) in [4.78, 5) is 38.0. The Kier molecular flexibility index (Phi) is 47.1. The van der Waals surface area contributed by atoms with E-state index in [1.807, 2.05) is 0 Å². The van der Waals surface area contributed by atoms with Crippen molar-refractivity contribution in [3.05, 3.63) is 0 Å². The van der Waals surface area contributed by atoms with Gasteiger partial charge < -0.3 is 14.2 Å². The first-order chi connectivity index (χ1) is 30.7. The third kappa shape index (κ3) is 48.2. The van der Waals surface area contributed by atoms with Crippen LogP contribution in [0.3, 0.4) is 0 Å². The highest BCUT2D eigenvalue weighted by atomic mass is 16.6. The summed E-state index contributed by atoms with van der Waals surface area (Å²) >= 11 is 0. The van der Waals surface area contributed by atoms with Crippen molar-refractivity contribution < 1.29 is 28.6 Å². The number of unbranched alkanes of at least 4 members (excludes halogenated alkanes) is 31. The van der Waals surface area contributed by atoms with Gasteiger partial charge in [-0.15, -0.1) is 0 Å². The van der Waals surface area contributed by atoms with Crippen LogP contribution >= 0.6 is 0 Å². The van der Waals surface area contributed by atoms with Gasteiger partial charge in [0.2, 0.25) is 0 Å². The van der Waals surface area contributed by atoms with E-state index in [1.54, 1.807) is 0 Å². The Morgan fingerprint density at radius 2 is 0.556 bits per heavy atom. The van der Waals surface area contributed by atoms with Crippen LogP contribution in [0.1, 0.15) is 311 Å². The standard InChI is InChI=1S/C57H110O6/c1-7-52(5)44-38-32-25-21-17-15-13-11-9-10-12-14-16-18-23-27-34-40-46-55(58)61-49-54(63-57(60)48-42-36-30-29-31-37-43-51(3)4)50-62-56(59)47-41-35-28-24-20-19-22-26-33-39-45-53(6)8-2/h51-54H,7-50H2,1-6H3/t52?,53?,54-/m0/s1. The lowest BCUT2D eigenvalue weighted by Crippen LogP contribution is -2.30. The smallest absolute Gasteiger partial charge is 0.306 e. The van der Waals surface area contributed by atoms with Crippen molar-refractivity contribution in [2.75, 3.05) is 13.2 Å². The van der Waals surface area contributed by atoms with Gasteiger partial charge in [-0.3, -0.25) is 14.4 Å². The lowest BCUT2D eigenvalue weighted by molar-refractivity contribution is -0.167. The van der Waals surface area contributed by atoms with Gasteiger partial charge in [-0.2, -0.15) is 0 Å². The molecule has 0 spiro atoms. The van der Waals surface area contributed by atoms with E-state index >= 15 is 0 Å². The summed E-state index contributed by atoms with van der Waals surface area (Å²) in [5, 5.41) is 0. The maximum atomic E-state index is 12.7. The molecule has 0 fully saturated rings. The molecule has 374 valence electrons. The molecule has 0 saturated heterocycles. The first-order valence-electron chi connectivity index (χ1n) is 28.2. The number of ether oxygens (including phenoxy) is 3. The third-order valence-corrected chi connectivity index (χ3v) is 13.6. The molecule has 0 amide bonds. The highest BCUT2D eigenvalue weighted by Gasteiger charge is 2.19. The predicted octanol–water partition coefficient (Wildman–Crippen LogP) is 18.3. The number of rotatable bonds is 50. The Balaban J connectivity index is 4.16. The predicted molar refractivity (Wildman–Crippen MR) is 270 cm³/mol. The molecule has 0 saturated carbocycles. The first-order valence-corrected chi connectivity index (χ1v) is 28.2. The Labute approximate surface area is 393 Å². The van der Waals surface area contributed by atoms with Crippen molar-refractivity contribution >= 4 is 17.9 Å². The molecular weight excluding hydrogens is 781 g/mol. The van der Waals surface area contributed by atoms with E-state index in [2.05, 4.69) is 41.5 Å². The highest BCUT2D eigenvalue weighted by molar-refractivity contribution is 5.71. The summed E-state index contributed by atoms with van der Waals surface area (Å²) in [6.45, 7) is 13.7. The largest absolute Gasteiger partial charge is 0.462 e. The fourth-order valence-corrected chi connectivity index (χ4v) is 8.58. The molecule has 6 heteroatoms. The van der Waals surface area contributed by atoms with E-state index < -0.39 is 6.10 Å². The van der Waals surface area contributed by atoms with Crippen molar-refractivity contribution in [1.82, 2.24) is 0 Å². The third-order valence-electron chi connectivity index (χ3n) is 13.6. The molecule has 63 heavy (non-hydrogen) atoms. The summed E-state index contributed by atoms with van der Waals surface area (Å²) in [7, 11) is 0. The zero-order valence-electron chi connectivity index (χ0n) is 43.4. The van der Waals surface area contributed by atoms with E-state index in [0.29, 0.717) is 19.3 Å². The van der Waals surface area contributed by atoms with Gasteiger partial charge in [0, 0.05) is 19.3 Å². The van der Waals surface area contributed by atoms with Crippen LogP contribution in [0.4, 0.5) is 0 Å². The molecule has 0 rings (SSSR count). The Morgan fingerprint density at radius 3 is 0.825 bits per heavy atom. The molecule has 0 aromatic rings. The first kappa shape index (κ1) is 61.4. The van der Waals surface area contributed by atoms with Gasteiger partial charge in [0.1, 0.15) is 13.2 Å². The number of hydrogen-bond donors (Lipinski definition) is 0. The Morgan fingerprint density at radius 1 is 0.317 bits per heavy atom. The zero-order chi connectivity index (χ0) is 46.3. The van der Waals surface area contributed by atoms with E-state index in [0.717, 1.165) is 75.5 Å². The monoisotopic (exact) mass is 891 g/mol. The van der Waals surface area contributed by atoms with Gasteiger partial charge in [0.15, 0.2) is 6.10 Å². The topological polar surface area (TPSA) is 78.9 Å². The second-order valence-corrected chi connectivity index (χ2v) is 20.5. The van der Waals surface area contributed by atoms with Gasteiger partial charge in [-0.25, -0.2) is 0 Å². The number of carbonyl (C=O) groups is 3. The normalized spacial score (nSPS) is 13.0. The molecule has 0 bridgehead atoms. The second-order valence-electron chi connectivity index (χ2n) is 20.5. The van der Waals surface area contributed by atoms with Gasteiger partial charge >= 0.3 is 17.9 Å². The average Bonchev–Trinajstić information content (AvgIpc) is 3.27. The molecule has 0 aromatic heterocycles. The van der Waals surface area contributed by atoms with E-state index in [-0.39, 0.29) is 31.1 Å². The van der Waals surface area contributed by atoms with Crippen molar-refractivity contribution in [3.8, 4) is 0 Å². The van der Waals surface area contributed by atoms with E-state index in [1.165, 1.54) is 193 Å². The van der Waals surface area contributed by atoms with Crippen LogP contribution in [-0.4, -0.2) is 37.2 Å². The van der Waals surface area contributed by atoms with Crippen molar-refractivity contribution in [3.63, 3.8) is 0 Å². The van der Waals surface area contributed by atoms with Crippen LogP contribution in [0, 0.1) is 17.8 Å². The number of carbonyl (C=O) groups excluding carboxylic acids is 3. The molecule has 2 unspecified atom stereocenters. The van der Waals surface area contributed by atoms with Gasteiger partial charge in [-0.1, -0.05) is 273 Å². The average molecular weight is 892 g/mol. The summed E-state index contributed by atoms with van der Waals surface area (Å²) in [5.41, 5.74) is 0. The zero-order valence-corrected chi connectivity index (χ0v) is 43.4. The van der Waals surface area contributed by atoms with E-state index in [9.17, 15) is 14.4 Å². The van der Waals surface area contributed by atoms with E-state index in [4.69, 9.17) is 14.2 Å². The molecule has 0 aliphatic heterocycles. The molecule has 0 radical (unpaired) electrons. The Bertz CT molecular complexity index is 980. The molecule has 0 heterocycles. The van der Waals surface area contributed by atoms with Crippen LogP contribution in [0.5, 0.6) is 0 Å². The summed E-state index contributed by atoms with van der Waals surface area (Å²) in [6.07, 6.45) is 49.6. The number of hydrogen-bond acceptors (Lipinski definition) is 6. The summed E-state index contributed by atoms with van der Waals surface area (Å²) in [5.74, 6) is 1.68. The minimum absolute atomic E-state index is 0.0652. The molecular formula is C57H110O6. The fourth-order valence-electron chi connectivity index (χ4n) is 8.58. The maximum absolute atomic E-state index is 12.7. The van der Waals surface area contributed by atoms with Gasteiger partial charge in [0.05, 0.1) is 0 Å². The minimum Gasteiger partial charge on any atom is -0.462 e. The van der Waals surface area contributed by atoms with Gasteiger partial charge in [0.25, 0.3) is 0 Å². The lowest BCUT2D eigenvalue weighted by atomic mass is 9.99. The summed E-state index contributed by atoms with van der Waals surface area (Å²) in [6, 6.07) is 0. The molecule has 0 N–H and O–H groups in total. The summed E-state index contributed by atoms with van der Waals surface area (Å²) < 4.78 is 16.8. The number of esters is 3. The quantitative estimate of drug-likeness (QED) is 0.0344. The van der Waals surface area contributed by atoms with Crippen molar-refractivity contribution in [1.29, 1.82) is 0 Å². The molecule has 0 aliphatic carbocycles. The van der Waals surface area contributed by atoms with Crippen LogP contribution < -0.4 is 0 Å². The van der Waals surface area contributed by atoms with Crippen molar-refractivity contribution in [2.45, 2.75) is 317 Å². The fraction of sp³-hybridized carbons (Fsp3) is 0.947. The SMILES string of the molecule is CCC(C)CCCCCCCCCCCCCCCCCCCCC(=O)OC[C@@H](COC(=O)CCCCCCCCCCCCC(C)CC)OC(=O)CCCCCCCCC(C)C. The molecule has 3 atom stereocenters. The van der Waals surface area contributed by atoms with Crippen LogP contribution in [0.25, 0.3) is 0 Å². The van der Waals surface area contributed by atoms with Gasteiger partial charge in [-0.05, 0) is 37.0 Å². The lowest BCUT2D eigenvalue weighted by Gasteiger charge is -2.18. The minimum atomic E-state index is -0.764. The maximum Gasteiger partial charge on any atom is 0.306 e.